The van der Waals surface area contributed by atoms with Crippen molar-refractivity contribution < 1.29 is 4.52 Å². The summed E-state index contributed by atoms with van der Waals surface area (Å²) in [5, 5.41) is 4.07. The van der Waals surface area contributed by atoms with E-state index in [-0.39, 0.29) is 0 Å². The molecule has 0 fully saturated rings. The van der Waals surface area contributed by atoms with Crippen LogP contribution in [-0.2, 0) is 6.42 Å². The molecule has 0 bridgehead atoms. The Bertz CT molecular complexity index is 349. The summed E-state index contributed by atoms with van der Waals surface area (Å²) in [6.45, 7) is 6.42. The van der Waals surface area contributed by atoms with Crippen molar-refractivity contribution >= 4 is 0 Å². The lowest BCUT2D eigenvalue weighted by molar-refractivity contribution is 0.366. The molecular weight excluding hydrogens is 260 g/mol. The fourth-order valence-corrected chi connectivity index (χ4v) is 2.93. The molecule has 122 valence electrons. The lowest BCUT2D eigenvalue weighted by atomic mass is 9.91. The Labute approximate surface area is 130 Å². The van der Waals surface area contributed by atoms with Crippen LogP contribution in [0.2, 0.25) is 0 Å². The Hall–Kier alpha value is -0.860. The molecule has 3 heteroatoms. The molecule has 1 rings (SSSR count). The van der Waals surface area contributed by atoms with Gasteiger partial charge in [-0.2, -0.15) is 4.98 Å². The number of unbranched alkanes of at least 4 members (excludes halogenated alkanes) is 7. The molecule has 3 nitrogen and oxygen atoms in total. The average Bonchev–Trinajstić information content (AvgIpc) is 2.88. The molecule has 1 heterocycles. The van der Waals surface area contributed by atoms with Crippen LogP contribution in [0, 0.1) is 12.8 Å². The molecule has 0 aliphatic heterocycles. The molecule has 0 aliphatic rings. The van der Waals surface area contributed by atoms with Crippen molar-refractivity contribution in [3.8, 4) is 0 Å². The minimum Gasteiger partial charge on any atom is -0.340 e. The van der Waals surface area contributed by atoms with E-state index in [1.807, 2.05) is 6.92 Å². The fraction of sp³-hybridized carbons (Fsp3) is 0.889. The molecule has 0 saturated heterocycles. The Morgan fingerprint density at radius 2 is 1.43 bits per heavy atom. The van der Waals surface area contributed by atoms with Crippen molar-refractivity contribution in [2.75, 3.05) is 0 Å². The van der Waals surface area contributed by atoms with Gasteiger partial charge in [0.25, 0.3) is 0 Å². The van der Waals surface area contributed by atoms with Gasteiger partial charge in [0.2, 0.25) is 5.89 Å². The van der Waals surface area contributed by atoms with E-state index >= 15 is 0 Å². The number of rotatable bonds is 13. The predicted octanol–water partition coefficient (Wildman–Crippen LogP) is 5.87. The summed E-state index contributed by atoms with van der Waals surface area (Å²) >= 11 is 0. The SMILES string of the molecule is CCCCCCCC(CCCCCC)Cc1noc(C)n1. The third-order valence-electron chi connectivity index (χ3n) is 4.22. The number of hydrogen-bond acceptors (Lipinski definition) is 3. The molecule has 0 radical (unpaired) electrons. The summed E-state index contributed by atoms with van der Waals surface area (Å²) in [4.78, 5) is 4.37. The monoisotopic (exact) mass is 294 g/mol. The summed E-state index contributed by atoms with van der Waals surface area (Å²) in [5.41, 5.74) is 0. The highest BCUT2D eigenvalue weighted by Crippen LogP contribution is 2.21. The van der Waals surface area contributed by atoms with Gasteiger partial charge in [-0.05, 0) is 5.92 Å². The van der Waals surface area contributed by atoms with Gasteiger partial charge in [0, 0.05) is 13.3 Å². The van der Waals surface area contributed by atoms with Crippen molar-refractivity contribution in [2.45, 2.75) is 97.8 Å². The van der Waals surface area contributed by atoms with Crippen molar-refractivity contribution in [1.82, 2.24) is 10.1 Å². The smallest absolute Gasteiger partial charge is 0.223 e. The first-order valence-corrected chi connectivity index (χ1v) is 9.05. The quantitative estimate of drug-likeness (QED) is 0.427. The van der Waals surface area contributed by atoms with Gasteiger partial charge in [-0.15, -0.1) is 0 Å². The summed E-state index contributed by atoms with van der Waals surface area (Å²) < 4.78 is 5.10. The third kappa shape index (κ3) is 8.90. The molecule has 0 saturated carbocycles. The van der Waals surface area contributed by atoms with Crippen molar-refractivity contribution in [2.24, 2.45) is 5.92 Å². The van der Waals surface area contributed by atoms with Crippen LogP contribution in [0.5, 0.6) is 0 Å². The highest BCUT2D eigenvalue weighted by Gasteiger charge is 2.13. The van der Waals surface area contributed by atoms with Crippen molar-refractivity contribution in [3.05, 3.63) is 11.7 Å². The Kier molecular flexibility index (Phi) is 10.2. The minimum absolute atomic E-state index is 0.692. The van der Waals surface area contributed by atoms with Crippen molar-refractivity contribution in [1.29, 1.82) is 0 Å². The van der Waals surface area contributed by atoms with Gasteiger partial charge in [0.1, 0.15) is 0 Å². The van der Waals surface area contributed by atoms with E-state index in [1.54, 1.807) is 0 Å². The van der Waals surface area contributed by atoms with Crippen LogP contribution < -0.4 is 0 Å². The van der Waals surface area contributed by atoms with E-state index in [4.69, 9.17) is 4.52 Å². The number of aromatic nitrogens is 2. The Morgan fingerprint density at radius 1 is 0.857 bits per heavy atom. The van der Waals surface area contributed by atoms with Gasteiger partial charge < -0.3 is 4.52 Å². The second-order valence-corrected chi connectivity index (χ2v) is 6.35. The number of hydrogen-bond donors (Lipinski definition) is 0. The lowest BCUT2D eigenvalue weighted by Gasteiger charge is -2.15. The minimum atomic E-state index is 0.692. The highest BCUT2D eigenvalue weighted by molar-refractivity contribution is 4.86. The molecular formula is C18H34N2O. The zero-order valence-electron chi connectivity index (χ0n) is 14.4. The van der Waals surface area contributed by atoms with Crippen LogP contribution in [0.3, 0.4) is 0 Å². The normalized spacial score (nSPS) is 12.7. The summed E-state index contributed by atoms with van der Waals surface area (Å²) in [7, 11) is 0. The van der Waals surface area contributed by atoms with Gasteiger partial charge in [-0.3, -0.25) is 0 Å². The molecule has 1 atom stereocenters. The van der Waals surface area contributed by atoms with Crippen LogP contribution in [0.15, 0.2) is 4.52 Å². The molecule has 0 spiro atoms. The van der Waals surface area contributed by atoms with Gasteiger partial charge in [0.15, 0.2) is 5.82 Å². The maximum atomic E-state index is 5.10. The molecule has 0 N–H and O–H groups in total. The second-order valence-electron chi connectivity index (χ2n) is 6.35. The number of nitrogens with zero attached hydrogens (tertiary/aromatic N) is 2. The van der Waals surface area contributed by atoms with Crippen LogP contribution >= 0.6 is 0 Å². The van der Waals surface area contributed by atoms with E-state index in [0.29, 0.717) is 5.89 Å². The summed E-state index contributed by atoms with van der Waals surface area (Å²) in [6, 6.07) is 0. The first kappa shape index (κ1) is 18.2. The standard InChI is InChI=1S/C18H34N2O/c1-4-6-8-10-12-14-17(13-11-9-7-5-2)15-18-19-16(3)21-20-18/h17H,4-15H2,1-3H3. The van der Waals surface area contributed by atoms with E-state index in [9.17, 15) is 0 Å². The molecule has 0 amide bonds. The van der Waals surface area contributed by atoms with Gasteiger partial charge in [-0.1, -0.05) is 89.6 Å². The fourth-order valence-electron chi connectivity index (χ4n) is 2.93. The zero-order chi connectivity index (χ0) is 15.3. The highest BCUT2D eigenvalue weighted by atomic mass is 16.5. The topological polar surface area (TPSA) is 38.9 Å². The molecule has 1 unspecified atom stereocenters. The van der Waals surface area contributed by atoms with Gasteiger partial charge in [-0.25, -0.2) is 0 Å². The van der Waals surface area contributed by atoms with Crippen molar-refractivity contribution in [3.63, 3.8) is 0 Å². The molecule has 1 aromatic rings. The van der Waals surface area contributed by atoms with E-state index in [0.717, 1.165) is 18.2 Å². The van der Waals surface area contributed by atoms with Gasteiger partial charge in [0.05, 0.1) is 0 Å². The molecule has 21 heavy (non-hydrogen) atoms. The average molecular weight is 294 g/mol. The predicted molar refractivity (Wildman–Crippen MR) is 88.4 cm³/mol. The largest absolute Gasteiger partial charge is 0.340 e. The van der Waals surface area contributed by atoms with Gasteiger partial charge >= 0.3 is 0 Å². The van der Waals surface area contributed by atoms with E-state index < -0.39 is 0 Å². The van der Waals surface area contributed by atoms with Crippen LogP contribution in [0.1, 0.15) is 96.2 Å². The molecule has 0 aromatic carbocycles. The third-order valence-corrected chi connectivity index (χ3v) is 4.22. The van der Waals surface area contributed by atoms with Crippen LogP contribution in [0.25, 0.3) is 0 Å². The first-order chi connectivity index (χ1) is 10.3. The summed E-state index contributed by atoms with van der Waals surface area (Å²) in [6.07, 6.45) is 15.9. The molecule has 1 aromatic heterocycles. The first-order valence-electron chi connectivity index (χ1n) is 9.05. The second kappa shape index (κ2) is 11.8. The molecule has 0 aliphatic carbocycles. The summed E-state index contributed by atoms with van der Waals surface area (Å²) in [5.74, 6) is 2.33. The number of aryl methyl sites for hydroxylation is 1. The maximum Gasteiger partial charge on any atom is 0.223 e. The Morgan fingerprint density at radius 3 is 1.95 bits per heavy atom. The Balaban J connectivity index is 2.30. The zero-order valence-corrected chi connectivity index (χ0v) is 14.4. The van der Waals surface area contributed by atoms with E-state index in [1.165, 1.54) is 70.6 Å². The maximum absolute atomic E-state index is 5.10. The van der Waals surface area contributed by atoms with Crippen LogP contribution in [-0.4, -0.2) is 10.1 Å². The van der Waals surface area contributed by atoms with E-state index in [2.05, 4.69) is 24.0 Å². The lowest BCUT2D eigenvalue weighted by Crippen LogP contribution is -2.06. The van der Waals surface area contributed by atoms with Crippen LogP contribution in [0.4, 0.5) is 0 Å².